The van der Waals surface area contributed by atoms with Crippen LogP contribution in [0.3, 0.4) is 0 Å². The van der Waals surface area contributed by atoms with E-state index >= 15 is 0 Å². The molecule has 0 radical (unpaired) electrons. The highest BCUT2D eigenvalue weighted by Crippen LogP contribution is 2.29. The number of aromatic nitrogens is 3. The average molecular weight is 287 g/mol. The van der Waals surface area contributed by atoms with Crippen molar-refractivity contribution in [3.05, 3.63) is 42.2 Å². The van der Waals surface area contributed by atoms with Crippen LogP contribution < -0.4 is 0 Å². The quantitative estimate of drug-likeness (QED) is 0.793. The number of nitrogens with zero attached hydrogens (tertiary/aromatic N) is 3. The molecular weight excluding hydrogens is 270 g/mol. The first kappa shape index (κ1) is 13.4. The third-order valence-electron chi connectivity index (χ3n) is 3.59. The molecule has 5 heteroatoms. The second-order valence-corrected chi connectivity index (χ2v) is 6.30. The molecule has 1 aliphatic carbocycles. The molecule has 3 rings (SSSR count). The van der Waals surface area contributed by atoms with Crippen molar-refractivity contribution in [2.45, 2.75) is 30.9 Å². The van der Waals surface area contributed by atoms with E-state index in [1.54, 1.807) is 22.6 Å². The second-order valence-electron chi connectivity index (χ2n) is 5.01. The first-order valence-electron chi connectivity index (χ1n) is 6.95. The van der Waals surface area contributed by atoms with Gasteiger partial charge in [-0.1, -0.05) is 36.3 Å². The molecule has 1 saturated carbocycles. The van der Waals surface area contributed by atoms with Gasteiger partial charge < -0.3 is 0 Å². The van der Waals surface area contributed by atoms with Gasteiger partial charge >= 0.3 is 0 Å². The normalized spacial score (nSPS) is 15.6. The minimum absolute atomic E-state index is 0.107. The number of thioether (sulfide) groups is 1. The summed E-state index contributed by atoms with van der Waals surface area (Å²) in [4.78, 5) is 12.3. The zero-order valence-electron chi connectivity index (χ0n) is 11.2. The highest BCUT2D eigenvalue weighted by molar-refractivity contribution is 8.00. The summed E-state index contributed by atoms with van der Waals surface area (Å²) in [7, 11) is 0. The summed E-state index contributed by atoms with van der Waals surface area (Å²) >= 11 is 1.78. The maximum absolute atomic E-state index is 12.3. The van der Waals surface area contributed by atoms with Crippen molar-refractivity contribution in [1.29, 1.82) is 0 Å². The van der Waals surface area contributed by atoms with Crippen molar-refractivity contribution in [3.63, 3.8) is 0 Å². The second kappa shape index (κ2) is 6.22. The zero-order chi connectivity index (χ0) is 13.8. The molecule has 104 valence electrons. The molecule has 0 unspecified atom stereocenters. The lowest BCUT2D eigenvalue weighted by Gasteiger charge is -2.08. The number of rotatable bonds is 5. The van der Waals surface area contributed by atoms with Crippen LogP contribution in [0.2, 0.25) is 0 Å². The molecule has 20 heavy (non-hydrogen) atoms. The summed E-state index contributed by atoms with van der Waals surface area (Å²) in [6.07, 6.45) is 6.65. The van der Waals surface area contributed by atoms with E-state index in [-0.39, 0.29) is 5.78 Å². The van der Waals surface area contributed by atoms with Gasteiger partial charge in [0, 0.05) is 5.25 Å². The Kier molecular flexibility index (Phi) is 4.16. The van der Waals surface area contributed by atoms with Crippen molar-refractivity contribution < 1.29 is 4.79 Å². The minimum Gasteiger partial charge on any atom is -0.291 e. The van der Waals surface area contributed by atoms with Gasteiger partial charge in [0.25, 0.3) is 0 Å². The Morgan fingerprint density at radius 1 is 1.25 bits per heavy atom. The number of carbonyl (C=O) groups excluding carboxylic acids is 1. The molecule has 0 atom stereocenters. The Balaban J connectivity index is 1.70. The van der Waals surface area contributed by atoms with Crippen LogP contribution >= 0.6 is 11.8 Å². The molecule has 0 bridgehead atoms. The molecule has 1 heterocycles. The van der Waals surface area contributed by atoms with Gasteiger partial charge in [-0.15, -0.1) is 5.10 Å². The molecule has 0 spiro atoms. The highest BCUT2D eigenvalue weighted by atomic mass is 32.2. The highest BCUT2D eigenvalue weighted by Gasteiger charge is 2.19. The lowest BCUT2D eigenvalue weighted by Crippen LogP contribution is -2.12. The molecule has 1 fully saturated rings. The summed E-state index contributed by atoms with van der Waals surface area (Å²) in [5, 5.41) is 8.56. The van der Waals surface area contributed by atoms with E-state index in [0.717, 1.165) is 5.69 Å². The van der Waals surface area contributed by atoms with Crippen LogP contribution in [0.25, 0.3) is 5.69 Å². The van der Waals surface area contributed by atoms with E-state index in [4.69, 9.17) is 0 Å². The first-order valence-corrected chi connectivity index (χ1v) is 8.00. The topological polar surface area (TPSA) is 47.8 Å². The number of para-hydroxylation sites is 1. The predicted octanol–water partition coefficient (Wildman–Crippen LogP) is 3.13. The van der Waals surface area contributed by atoms with E-state index in [1.807, 2.05) is 30.3 Å². The van der Waals surface area contributed by atoms with Gasteiger partial charge in [0.05, 0.1) is 17.6 Å². The molecular formula is C15H17N3OS. The molecule has 0 saturated heterocycles. The van der Waals surface area contributed by atoms with E-state index in [2.05, 4.69) is 10.3 Å². The maximum Gasteiger partial charge on any atom is 0.192 e. The summed E-state index contributed by atoms with van der Waals surface area (Å²) < 4.78 is 1.62. The summed E-state index contributed by atoms with van der Waals surface area (Å²) in [5.41, 5.74) is 1.45. The minimum atomic E-state index is 0.107. The van der Waals surface area contributed by atoms with E-state index in [9.17, 15) is 4.79 Å². The van der Waals surface area contributed by atoms with Crippen LogP contribution in [-0.2, 0) is 0 Å². The largest absolute Gasteiger partial charge is 0.291 e. The number of hydrogen-bond donors (Lipinski definition) is 0. The molecule has 1 aliphatic rings. The summed E-state index contributed by atoms with van der Waals surface area (Å²) in [5.74, 6) is 0.626. The van der Waals surface area contributed by atoms with Gasteiger partial charge in [-0.2, -0.15) is 11.8 Å². The molecule has 0 aliphatic heterocycles. The van der Waals surface area contributed by atoms with Crippen molar-refractivity contribution in [1.82, 2.24) is 15.0 Å². The monoisotopic (exact) mass is 287 g/mol. The Morgan fingerprint density at radius 2 is 2.00 bits per heavy atom. The molecule has 0 N–H and O–H groups in total. The zero-order valence-corrected chi connectivity index (χ0v) is 12.1. The number of benzene rings is 1. The Labute approximate surface area is 122 Å². The standard InChI is InChI=1S/C15H17N3OS/c19-15(11-20-13-8-4-5-9-13)14-10-16-17-18(14)12-6-2-1-3-7-12/h1-3,6-7,10,13H,4-5,8-9,11H2. The third kappa shape index (κ3) is 2.93. The van der Waals surface area contributed by atoms with Crippen molar-refractivity contribution >= 4 is 17.5 Å². The smallest absolute Gasteiger partial charge is 0.192 e. The van der Waals surface area contributed by atoms with Crippen molar-refractivity contribution in [2.24, 2.45) is 0 Å². The molecule has 4 nitrogen and oxygen atoms in total. The number of carbonyl (C=O) groups is 1. The fourth-order valence-corrected chi connectivity index (χ4v) is 3.71. The third-order valence-corrected chi connectivity index (χ3v) is 4.96. The van der Waals surface area contributed by atoms with Gasteiger partial charge in [-0.25, -0.2) is 4.68 Å². The summed E-state index contributed by atoms with van der Waals surface area (Å²) in [6.45, 7) is 0. The van der Waals surface area contributed by atoms with Gasteiger partial charge in [0.15, 0.2) is 5.78 Å². The van der Waals surface area contributed by atoms with Crippen LogP contribution in [0.15, 0.2) is 36.5 Å². The molecule has 2 aromatic rings. The van der Waals surface area contributed by atoms with Crippen LogP contribution in [0.4, 0.5) is 0 Å². The lowest BCUT2D eigenvalue weighted by molar-refractivity contribution is 0.101. The van der Waals surface area contributed by atoms with Crippen LogP contribution in [0.1, 0.15) is 36.2 Å². The predicted molar refractivity (Wildman–Crippen MR) is 80.4 cm³/mol. The van der Waals surface area contributed by atoms with Gasteiger partial charge in [0.2, 0.25) is 0 Å². The van der Waals surface area contributed by atoms with Gasteiger partial charge in [0.1, 0.15) is 5.69 Å². The van der Waals surface area contributed by atoms with Crippen LogP contribution in [0, 0.1) is 0 Å². The van der Waals surface area contributed by atoms with Gasteiger partial charge in [-0.3, -0.25) is 4.79 Å². The average Bonchev–Trinajstić information content (AvgIpc) is 3.17. The fraction of sp³-hybridized carbons (Fsp3) is 0.400. The number of Topliss-reactive ketones (excluding diaryl/α,β-unsaturated/α-hetero) is 1. The van der Waals surface area contributed by atoms with Crippen LogP contribution in [0.5, 0.6) is 0 Å². The van der Waals surface area contributed by atoms with E-state index < -0.39 is 0 Å². The van der Waals surface area contributed by atoms with Gasteiger partial charge in [-0.05, 0) is 25.0 Å². The Bertz CT molecular complexity index is 576. The van der Waals surface area contributed by atoms with Crippen molar-refractivity contribution in [2.75, 3.05) is 5.75 Å². The summed E-state index contributed by atoms with van der Waals surface area (Å²) in [6, 6.07) is 9.65. The first-order chi connectivity index (χ1) is 9.84. The number of hydrogen-bond acceptors (Lipinski definition) is 4. The van der Waals surface area contributed by atoms with Crippen LogP contribution in [-0.4, -0.2) is 31.8 Å². The van der Waals surface area contributed by atoms with E-state index in [0.29, 0.717) is 16.7 Å². The Hall–Kier alpha value is -1.62. The molecule has 1 aromatic carbocycles. The maximum atomic E-state index is 12.3. The van der Waals surface area contributed by atoms with Crippen molar-refractivity contribution in [3.8, 4) is 5.69 Å². The molecule has 1 aromatic heterocycles. The SMILES string of the molecule is O=C(CSC1CCCC1)c1cnnn1-c1ccccc1. The fourth-order valence-electron chi connectivity index (χ4n) is 2.51. The number of ketones is 1. The lowest BCUT2D eigenvalue weighted by atomic mass is 10.3. The Morgan fingerprint density at radius 3 is 2.75 bits per heavy atom. The molecule has 0 amide bonds. The van der Waals surface area contributed by atoms with E-state index in [1.165, 1.54) is 25.7 Å².